The van der Waals surface area contributed by atoms with Crippen molar-refractivity contribution in [3.05, 3.63) is 47.0 Å². The maximum Gasteiger partial charge on any atom is 0.320 e. The van der Waals surface area contributed by atoms with Crippen LogP contribution in [-0.2, 0) is 4.79 Å². The number of thiophene rings is 1. The Morgan fingerprint density at radius 3 is 2.45 bits per heavy atom. The van der Waals surface area contributed by atoms with Crippen LogP contribution in [-0.4, -0.2) is 35.6 Å². The third-order valence-corrected chi connectivity index (χ3v) is 5.63. The van der Waals surface area contributed by atoms with Gasteiger partial charge in [0.1, 0.15) is 11.0 Å². The molecule has 166 valence electrons. The zero-order chi connectivity index (χ0) is 23.1. The summed E-state index contributed by atoms with van der Waals surface area (Å²) >= 11 is 1.22. The molecule has 0 saturated carbocycles. The average molecular weight is 445 g/mol. The Bertz CT molecular complexity index is 997. The number of urea groups is 1. The van der Waals surface area contributed by atoms with Gasteiger partial charge in [-0.15, -0.1) is 11.3 Å². The molecule has 2 rings (SSSR count). The van der Waals surface area contributed by atoms with E-state index >= 15 is 0 Å². The van der Waals surface area contributed by atoms with Gasteiger partial charge in [-0.05, 0) is 42.0 Å². The van der Waals surface area contributed by atoms with Crippen molar-refractivity contribution in [1.82, 2.24) is 5.32 Å². The number of carboxylic acids is 1. The number of rotatable bonds is 10. The predicted octanol–water partition coefficient (Wildman–Crippen LogP) is 3.42. The van der Waals surface area contributed by atoms with Crippen molar-refractivity contribution in [2.45, 2.75) is 33.2 Å². The topological polar surface area (TPSA) is 148 Å². The van der Waals surface area contributed by atoms with Gasteiger partial charge in [0.05, 0.1) is 5.56 Å². The van der Waals surface area contributed by atoms with Crippen molar-refractivity contribution >= 4 is 40.3 Å². The summed E-state index contributed by atoms with van der Waals surface area (Å²) in [6.07, 6.45) is 4.37. The second-order valence-corrected chi connectivity index (χ2v) is 8.66. The normalized spacial score (nSPS) is 12.3. The van der Waals surface area contributed by atoms with Crippen LogP contribution in [0.15, 0.2) is 30.3 Å². The second-order valence-electron chi connectivity index (χ2n) is 7.61. The molecule has 7 N–H and O–H groups in total. The first-order chi connectivity index (χ1) is 14.6. The van der Waals surface area contributed by atoms with Gasteiger partial charge in [-0.2, -0.15) is 0 Å². The van der Waals surface area contributed by atoms with Gasteiger partial charge < -0.3 is 21.9 Å². The molecule has 1 atom stereocenters. The molecule has 0 bridgehead atoms. The van der Waals surface area contributed by atoms with Crippen LogP contribution >= 0.6 is 11.3 Å². The summed E-state index contributed by atoms with van der Waals surface area (Å²) in [6, 6.07) is 6.13. The van der Waals surface area contributed by atoms with E-state index < -0.39 is 23.9 Å². The number of hydrogen-bond acceptors (Lipinski definition) is 5. The highest BCUT2D eigenvalue weighted by atomic mass is 32.1. The maximum atomic E-state index is 11.7. The summed E-state index contributed by atoms with van der Waals surface area (Å²) in [5, 5.41) is 15.1. The minimum Gasteiger partial charge on any atom is -0.480 e. The highest BCUT2D eigenvalue weighted by Crippen LogP contribution is 2.37. The Balaban J connectivity index is 2.13. The number of benzene rings is 1. The monoisotopic (exact) mass is 444 g/mol. The molecule has 3 amide bonds. The van der Waals surface area contributed by atoms with E-state index in [2.05, 4.69) is 10.6 Å². The number of carbonyl (C=O) groups excluding carboxylic acids is 2. The van der Waals surface area contributed by atoms with E-state index in [1.165, 1.54) is 11.3 Å². The van der Waals surface area contributed by atoms with Crippen LogP contribution in [0, 0.1) is 12.8 Å². The smallest absolute Gasteiger partial charge is 0.320 e. The molecule has 0 aliphatic carbocycles. The highest BCUT2D eigenvalue weighted by molar-refractivity contribution is 7.20. The van der Waals surface area contributed by atoms with Crippen molar-refractivity contribution in [1.29, 1.82) is 0 Å². The molecule has 1 aromatic heterocycles. The van der Waals surface area contributed by atoms with Crippen LogP contribution in [0.2, 0.25) is 0 Å². The first-order valence-electron chi connectivity index (χ1n) is 9.82. The summed E-state index contributed by atoms with van der Waals surface area (Å²) in [5.74, 6) is -1.20. The molecule has 9 heteroatoms. The third-order valence-electron chi connectivity index (χ3n) is 4.55. The number of anilines is 1. The number of primary amides is 2. The highest BCUT2D eigenvalue weighted by Gasteiger charge is 2.18. The van der Waals surface area contributed by atoms with E-state index in [0.717, 1.165) is 21.6 Å². The summed E-state index contributed by atoms with van der Waals surface area (Å²) < 4.78 is 0. The standard InChI is InChI=1S/C22H28N4O4S/c1-12(2)9-17(21(28)29)25-8-4-5-14-6-7-15(13(3)10-14)18-11-16(19(23)27)20(31-18)26-22(24)30/h4-7,10-12,17,25H,8-9H2,1-3H3,(H2,23,27)(H,28,29)(H3,24,26,30)/t17-/m0/s1. The number of aliphatic carboxylic acids is 1. The summed E-state index contributed by atoms with van der Waals surface area (Å²) in [6.45, 7) is 6.37. The molecule has 0 saturated heterocycles. The lowest BCUT2D eigenvalue weighted by Gasteiger charge is -2.15. The van der Waals surface area contributed by atoms with Crippen molar-refractivity contribution in [2.24, 2.45) is 17.4 Å². The molecule has 0 aliphatic heterocycles. The molecule has 1 heterocycles. The van der Waals surface area contributed by atoms with Crippen LogP contribution in [0.5, 0.6) is 0 Å². The fraction of sp³-hybridized carbons (Fsp3) is 0.318. The molecule has 0 radical (unpaired) electrons. The van der Waals surface area contributed by atoms with E-state index in [4.69, 9.17) is 11.5 Å². The Hall–Kier alpha value is -3.17. The van der Waals surface area contributed by atoms with Crippen LogP contribution in [0.25, 0.3) is 16.5 Å². The number of carboxylic acid groups (broad SMARTS) is 1. The molecule has 2 aromatic rings. The number of hydrogen-bond donors (Lipinski definition) is 5. The molecule has 0 spiro atoms. The van der Waals surface area contributed by atoms with Crippen molar-refractivity contribution < 1.29 is 19.5 Å². The number of aryl methyl sites for hydroxylation is 1. The molecule has 0 fully saturated rings. The molecule has 0 unspecified atom stereocenters. The van der Waals surface area contributed by atoms with Gasteiger partial charge in [-0.3, -0.25) is 14.9 Å². The summed E-state index contributed by atoms with van der Waals surface area (Å²) in [7, 11) is 0. The van der Waals surface area contributed by atoms with E-state index in [1.807, 2.05) is 51.1 Å². The molecular weight excluding hydrogens is 416 g/mol. The van der Waals surface area contributed by atoms with Gasteiger partial charge in [0.25, 0.3) is 5.91 Å². The van der Waals surface area contributed by atoms with Gasteiger partial charge in [0.2, 0.25) is 0 Å². The minimum atomic E-state index is -0.848. The largest absolute Gasteiger partial charge is 0.480 e. The van der Waals surface area contributed by atoms with Crippen molar-refractivity contribution in [3.63, 3.8) is 0 Å². The fourth-order valence-corrected chi connectivity index (χ4v) is 4.28. The number of amides is 3. The number of nitrogens with one attached hydrogen (secondary N) is 2. The molecule has 1 aromatic carbocycles. The molecule has 0 aliphatic rings. The molecular formula is C22H28N4O4S. The van der Waals surface area contributed by atoms with Gasteiger partial charge in [-0.25, -0.2) is 4.79 Å². The molecule has 8 nitrogen and oxygen atoms in total. The van der Waals surface area contributed by atoms with E-state index in [9.17, 15) is 19.5 Å². The lowest BCUT2D eigenvalue weighted by Crippen LogP contribution is -2.37. The third kappa shape index (κ3) is 6.94. The second kappa shape index (κ2) is 10.7. The lowest BCUT2D eigenvalue weighted by atomic mass is 10.0. The maximum absolute atomic E-state index is 11.7. The number of carbonyl (C=O) groups is 3. The average Bonchev–Trinajstić information content (AvgIpc) is 3.06. The van der Waals surface area contributed by atoms with Crippen LogP contribution < -0.4 is 22.1 Å². The van der Waals surface area contributed by atoms with Gasteiger partial charge >= 0.3 is 12.0 Å². The van der Waals surface area contributed by atoms with Gasteiger partial charge in [0.15, 0.2) is 0 Å². The minimum absolute atomic E-state index is 0.211. The van der Waals surface area contributed by atoms with Crippen molar-refractivity contribution in [3.8, 4) is 10.4 Å². The number of nitrogens with two attached hydrogens (primary N) is 2. The quantitative estimate of drug-likeness (QED) is 0.381. The Kier molecular flexibility index (Phi) is 8.35. The van der Waals surface area contributed by atoms with Gasteiger partial charge in [-0.1, -0.05) is 44.2 Å². The van der Waals surface area contributed by atoms with E-state index in [0.29, 0.717) is 23.9 Å². The SMILES string of the molecule is Cc1cc(C=CCN[C@@H](CC(C)C)C(=O)O)ccc1-c1cc(C(N)=O)c(NC(N)=O)s1. The van der Waals surface area contributed by atoms with Gasteiger partial charge in [0, 0.05) is 11.4 Å². The Morgan fingerprint density at radius 2 is 1.90 bits per heavy atom. The zero-order valence-corrected chi connectivity index (χ0v) is 18.6. The fourth-order valence-electron chi connectivity index (χ4n) is 3.13. The predicted molar refractivity (Wildman–Crippen MR) is 124 cm³/mol. The van der Waals surface area contributed by atoms with E-state index in [-0.39, 0.29) is 5.56 Å². The van der Waals surface area contributed by atoms with Crippen molar-refractivity contribution in [2.75, 3.05) is 11.9 Å². The first kappa shape index (κ1) is 24.1. The lowest BCUT2D eigenvalue weighted by molar-refractivity contribution is -0.139. The summed E-state index contributed by atoms with van der Waals surface area (Å²) in [4.78, 5) is 34.9. The van der Waals surface area contributed by atoms with Crippen LogP contribution in [0.4, 0.5) is 9.80 Å². The Morgan fingerprint density at radius 1 is 1.19 bits per heavy atom. The first-order valence-corrected chi connectivity index (χ1v) is 10.6. The summed E-state index contributed by atoms with van der Waals surface area (Å²) in [5.41, 5.74) is 13.6. The zero-order valence-electron chi connectivity index (χ0n) is 17.8. The molecule has 31 heavy (non-hydrogen) atoms. The van der Waals surface area contributed by atoms with Crippen LogP contribution in [0.1, 0.15) is 41.8 Å². The van der Waals surface area contributed by atoms with Crippen LogP contribution in [0.3, 0.4) is 0 Å². The Labute approximate surface area is 185 Å². The van der Waals surface area contributed by atoms with E-state index in [1.54, 1.807) is 6.07 Å².